The molecule has 0 radical (unpaired) electrons. The second kappa shape index (κ2) is 9.56. The van der Waals surface area contributed by atoms with Gasteiger partial charge in [0.05, 0.1) is 18.5 Å². The van der Waals surface area contributed by atoms with Crippen LogP contribution in [0, 0.1) is 54.1 Å². The molecule has 0 bridgehead atoms. The molecule has 176 valence electrons. The van der Waals surface area contributed by atoms with Gasteiger partial charge in [-0.25, -0.2) is 13.8 Å². The summed E-state index contributed by atoms with van der Waals surface area (Å²) in [5, 5.41) is 22.1. The number of carbonyl (C=O) groups excluding carboxylic acids is 1. The van der Waals surface area contributed by atoms with Gasteiger partial charge >= 0.3 is 0 Å². The van der Waals surface area contributed by atoms with Gasteiger partial charge in [-0.3, -0.25) is 4.79 Å². The van der Waals surface area contributed by atoms with Crippen LogP contribution < -0.4 is 5.32 Å². The van der Waals surface area contributed by atoms with Crippen LogP contribution in [0.1, 0.15) is 63.7 Å². The summed E-state index contributed by atoms with van der Waals surface area (Å²) in [7, 11) is 0. The lowest BCUT2D eigenvalue weighted by atomic mass is 9.96. The minimum absolute atomic E-state index is 0.0768. The van der Waals surface area contributed by atoms with E-state index in [1.165, 1.54) is 18.2 Å². The number of aromatic hydroxyl groups is 1. The lowest BCUT2D eigenvalue weighted by molar-refractivity contribution is 0.0937. The Labute approximate surface area is 202 Å². The highest BCUT2D eigenvalue weighted by molar-refractivity contribution is 5.93. The fourth-order valence-corrected chi connectivity index (χ4v) is 3.80. The molecule has 4 rings (SSSR count). The highest BCUT2D eigenvalue weighted by Gasteiger charge is 2.40. The molecule has 1 aliphatic rings. The third-order valence-corrected chi connectivity index (χ3v) is 6.03. The number of pyridine rings is 1. The van der Waals surface area contributed by atoms with Crippen molar-refractivity contribution in [1.82, 2.24) is 10.3 Å². The molecule has 1 fully saturated rings. The molecule has 2 aromatic carbocycles. The number of rotatable bonds is 5. The van der Waals surface area contributed by atoms with E-state index in [4.69, 9.17) is 5.26 Å². The average molecular weight is 472 g/mol. The molecule has 1 heterocycles. The number of aromatic nitrogens is 1. The van der Waals surface area contributed by atoms with Gasteiger partial charge in [0.15, 0.2) is 0 Å². The van der Waals surface area contributed by atoms with E-state index in [1.54, 1.807) is 32.0 Å². The van der Waals surface area contributed by atoms with Gasteiger partial charge in [0.1, 0.15) is 23.1 Å². The largest absolute Gasteiger partial charge is 0.508 e. The number of hydrogen-bond donors (Lipinski definition) is 2. The van der Waals surface area contributed by atoms with Gasteiger partial charge in [-0.15, -0.1) is 0 Å². The highest BCUT2D eigenvalue weighted by Crippen LogP contribution is 2.47. The molecule has 3 aromatic rings. The molecule has 1 atom stereocenters. The molecule has 0 aliphatic heterocycles. The Morgan fingerprint density at radius 2 is 1.94 bits per heavy atom. The van der Waals surface area contributed by atoms with Crippen molar-refractivity contribution in [2.24, 2.45) is 5.41 Å². The quantitative estimate of drug-likeness (QED) is 0.498. The number of halogens is 2. The lowest BCUT2D eigenvalue weighted by Gasteiger charge is -2.21. The van der Waals surface area contributed by atoms with Crippen molar-refractivity contribution in [3.8, 4) is 23.7 Å². The van der Waals surface area contributed by atoms with E-state index in [0.717, 1.165) is 25.0 Å². The average Bonchev–Trinajstić information content (AvgIpc) is 3.59. The molecule has 1 aliphatic carbocycles. The van der Waals surface area contributed by atoms with Crippen LogP contribution in [-0.2, 0) is 0 Å². The van der Waals surface area contributed by atoms with E-state index in [0.29, 0.717) is 28.8 Å². The van der Waals surface area contributed by atoms with Crippen molar-refractivity contribution < 1.29 is 18.7 Å². The first-order valence-electron chi connectivity index (χ1n) is 11.1. The van der Waals surface area contributed by atoms with Crippen molar-refractivity contribution in [2.45, 2.75) is 39.2 Å². The summed E-state index contributed by atoms with van der Waals surface area (Å²) in [5.41, 5.74) is 1.79. The fraction of sp³-hybridized carbons (Fsp3) is 0.250. The number of benzene rings is 2. The maximum atomic E-state index is 14.3. The smallest absolute Gasteiger partial charge is 0.270 e. The summed E-state index contributed by atoms with van der Waals surface area (Å²) in [4.78, 5) is 17.5. The molecule has 1 unspecified atom stereocenters. The number of aryl methyl sites for hydroxylation is 2. The molecule has 5 nitrogen and oxygen atoms in total. The first-order valence-corrected chi connectivity index (χ1v) is 11.1. The Morgan fingerprint density at radius 3 is 2.63 bits per heavy atom. The maximum Gasteiger partial charge on any atom is 0.270 e. The maximum absolute atomic E-state index is 14.3. The second-order valence-corrected chi connectivity index (χ2v) is 8.87. The number of carbonyl (C=O) groups is 1. The number of nitrogens with zero attached hydrogens (tertiary/aromatic N) is 2. The lowest BCUT2D eigenvalue weighted by Crippen LogP contribution is -2.30. The van der Waals surface area contributed by atoms with Crippen LogP contribution in [-0.4, -0.2) is 16.0 Å². The van der Waals surface area contributed by atoms with Gasteiger partial charge in [-0.2, -0.15) is 5.26 Å². The van der Waals surface area contributed by atoms with Gasteiger partial charge in [0, 0.05) is 22.2 Å². The number of nitrogens with one attached hydrogen (secondary N) is 1. The number of phenolic OH excluding ortho intramolecular Hbond substituents is 1. The SMILES string of the molecule is Cc1cc(C#CC2(CC#N)CC2)cc(C(=O)NC(c2ccc(C)c(F)c2)c2cc(F)ccc2O)n1. The Balaban J connectivity index is 1.69. The van der Waals surface area contributed by atoms with Crippen LogP contribution in [0.5, 0.6) is 5.75 Å². The molecular formula is C28H23F2N3O2. The third-order valence-electron chi connectivity index (χ3n) is 6.03. The molecule has 0 spiro atoms. The summed E-state index contributed by atoms with van der Waals surface area (Å²) in [6, 6.07) is 12.2. The minimum Gasteiger partial charge on any atom is -0.508 e. The minimum atomic E-state index is -1.03. The Morgan fingerprint density at radius 1 is 1.17 bits per heavy atom. The summed E-state index contributed by atoms with van der Waals surface area (Å²) in [6.07, 6.45) is 2.11. The van der Waals surface area contributed by atoms with Crippen molar-refractivity contribution in [3.63, 3.8) is 0 Å². The predicted molar refractivity (Wildman–Crippen MR) is 126 cm³/mol. The van der Waals surface area contributed by atoms with Crippen molar-refractivity contribution in [2.75, 3.05) is 0 Å². The summed E-state index contributed by atoms with van der Waals surface area (Å²) >= 11 is 0. The molecule has 1 saturated carbocycles. The molecular weight excluding hydrogens is 448 g/mol. The number of amides is 1. The normalized spacial score (nSPS) is 14.3. The number of hydrogen-bond acceptors (Lipinski definition) is 4. The Hall–Kier alpha value is -4.23. The van der Waals surface area contributed by atoms with Gasteiger partial charge in [-0.05, 0) is 74.2 Å². The first-order chi connectivity index (χ1) is 16.7. The molecule has 2 N–H and O–H groups in total. The third kappa shape index (κ3) is 5.47. The zero-order valence-corrected chi connectivity index (χ0v) is 19.3. The van der Waals surface area contributed by atoms with Gasteiger partial charge in [0.25, 0.3) is 5.91 Å². The van der Waals surface area contributed by atoms with Crippen LogP contribution >= 0.6 is 0 Å². The Kier molecular flexibility index (Phi) is 6.53. The van der Waals surface area contributed by atoms with Crippen molar-refractivity contribution >= 4 is 5.91 Å². The van der Waals surface area contributed by atoms with Crippen LogP contribution in [0.15, 0.2) is 48.5 Å². The van der Waals surface area contributed by atoms with Crippen molar-refractivity contribution in [3.05, 3.63) is 93.8 Å². The van der Waals surface area contributed by atoms with E-state index in [1.807, 2.05) is 0 Å². The topological polar surface area (TPSA) is 86.0 Å². The molecule has 7 heteroatoms. The van der Waals surface area contributed by atoms with Gasteiger partial charge < -0.3 is 10.4 Å². The zero-order chi connectivity index (χ0) is 25.2. The van der Waals surface area contributed by atoms with Crippen molar-refractivity contribution in [1.29, 1.82) is 5.26 Å². The predicted octanol–water partition coefficient (Wildman–Crippen LogP) is 5.25. The van der Waals surface area contributed by atoms with Crippen LogP contribution in [0.25, 0.3) is 0 Å². The van der Waals surface area contributed by atoms with Crippen LogP contribution in [0.2, 0.25) is 0 Å². The first kappa shape index (κ1) is 23.9. The monoisotopic (exact) mass is 471 g/mol. The summed E-state index contributed by atoms with van der Waals surface area (Å²) in [5.74, 6) is 4.27. The number of nitriles is 1. The molecule has 1 aromatic heterocycles. The molecule has 0 saturated heterocycles. The van der Waals surface area contributed by atoms with E-state index < -0.39 is 23.6 Å². The van der Waals surface area contributed by atoms with Crippen LogP contribution in [0.4, 0.5) is 8.78 Å². The second-order valence-electron chi connectivity index (χ2n) is 8.87. The van der Waals surface area contributed by atoms with E-state index in [9.17, 15) is 18.7 Å². The van der Waals surface area contributed by atoms with E-state index in [2.05, 4.69) is 28.2 Å². The summed E-state index contributed by atoms with van der Waals surface area (Å²) < 4.78 is 28.4. The molecule has 35 heavy (non-hydrogen) atoms. The van der Waals surface area contributed by atoms with Gasteiger partial charge in [0.2, 0.25) is 0 Å². The number of phenols is 1. The van der Waals surface area contributed by atoms with E-state index >= 15 is 0 Å². The fourth-order valence-electron chi connectivity index (χ4n) is 3.80. The highest BCUT2D eigenvalue weighted by atomic mass is 19.1. The Bertz CT molecular complexity index is 1410. The summed E-state index contributed by atoms with van der Waals surface area (Å²) in [6.45, 7) is 3.34. The van der Waals surface area contributed by atoms with E-state index in [-0.39, 0.29) is 22.4 Å². The van der Waals surface area contributed by atoms with Gasteiger partial charge in [-0.1, -0.05) is 24.0 Å². The van der Waals surface area contributed by atoms with Crippen LogP contribution in [0.3, 0.4) is 0 Å². The standard InChI is InChI=1S/C28H23F2N3O2/c1-17-3-4-20(15-23(17)30)26(22-16-21(29)5-6-25(22)34)33-27(35)24-14-19(13-18(2)32-24)7-8-28(9-10-28)11-12-31/h3-6,13-16,26,34H,9-11H2,1-2H3,(H,33,35). The zero-order valence-electron chi connectivity index (χ0n) is 19.3. The molecule has 1 amide bonds.